The summed E-state index contributed by atoms with van der Waals surface area (Å²) in [6.07, 6.45) is 6.88. The molecule has 0 spiro atoms. The molecule has 2 aliphatic heterocycles. The van der Waals surface area contributed by atoms with Crippen LogP contribution in [0.4, 0.5) is 0 Å². The SMILES string of the molecule is CN(C[C@@H]1CCn2ccnc2C1)C(=O)[C@@H]1CCOC1. The van der Waals surface area contributed by atoms with Gasteiger partial charge in [0.1, 0.15) is 5.82 Å². The van der Waals surface area contributed by atoms with Crippen molar-refractivity contribution >= 4 is 5.91 Å². The van der Waals surface area contributed by atoms with Gasteiger partial charge in [-0.25, -0.2) is 4.98 Å². The lowest BCUT2D eigenvalue weighted by molar-refractivity contribution is -0.134. The minimum absolute atomic E-state index is 0.0792. The van der Waals surface area contributed by atoms with Crippen molar-refractivity contribution < 1.29 is 9.53 Å². The Morgan fingerprint density at radius 2 is 2.47 bits per heavy atom. The molecule has 1 aromatic rings. The number of rotatable bonds is 3. The first kappa shape index (κ1) is 12.7. The average Bonchev–Trinajstić information content (AvgIpc) is 3.08. The van der Waals surface area contributed by atoms with E-state index < -0.39 is 0 Å². The summed E-state index contributed by atoms with van der Waals surface area (Å²) in [4.78, 5) is 18.5. The highest BCUT2D eigenvalue weighted by Crippen LogP contribution is 2.21. The van der Waals surface area contributed by atoms with E-state index in [9.17, 15) is 4.79 Å². The normalized spacial score (nSPS) is 26.2. The summed E-state index contributed by atoms with van der Waals surface area (Å²) in [5, 5.41) is 0. The predicted molar refractivity (Wildman–Crippen MR) is 70.6 cm³/mol. The zero-order valence-corrected chi connectivity index (χ0v) is 11.4. The Hall–Kier alpha value is -1.36. The highest BCUT2D eigenvalue weighted by molar-refractivity contribution is 5.78. The maximum absolute atomic E-state index is 12.2. The molecule has 0 aromatic carbocycles. The fourth-order valence-electron chi connectivity index (χ4n) is 3.09. The van der Waals surface area contributed by atoms with E-state index in [1.807, 2.05) is 24.3 Å². The van der Waals surface area contributed by atoms with Crippen LogP contribution in [-0.2, 0) is 22.5 Å². The van der Waals surface area contributed by atoms with Crippen molar-refractivity contribution in [1.29, 1.82) is 0 Å². The fraction of sp³-hybridized carbons (Fsp3) is 0.714. The summed E-state index contributed by atoms with van der Waals surface area (Å²) in [5.74, 6) is 2.01. The first-order valence-electron chi connectivity index (χ1n) is 7.07. The molecule has 1 fully saturated rings. The number of aromatic nitrogens is 2. The molecule has 3 rings (SSSR count). The third-order valence-corrected chi connectivity index (χ3v) is 4.24. The van der Waals surface area contributed by atoms with E-state index in [1.165, 1.54) is 0 Å². The summed E-state index contributed by atoms with van der Waals surface area (Å²) in [5.41, 5.74) is 0. The summed E-state index contributed by atoms with van der Waals surface area (Å²) in [6.45, 7) is 3.18. The zero-order valence-electron chi connectivity index (χ0n) is 11.4. The number of hydrogen-bond donors (Lipinski definition) is 0. The maximum atomic E-state index is 12.2. The van der Waals surface area contributed by atoms with Crippen LogP contribution in [0.5, 0.6) is 0 Å². The van der Waals surface area contributed by atoms with Gasteiger partial charge in [0, 0.05) is 45.6 Å². The minimum atomic E-state index is 0.0792. The molecular weight excluding hydrogens is 242 g/mol. The van der Waals surface area contributed by atoms with Gasteiger partial charge in [0.05, 0.1) is 12.5 Å². The molecule has 0 saturated carbocycles. The van der Waals surface area contributed by atoms with E-state index in [0.29, 0.717) is 12.5 Å². The van der Waals surface area contributed by atoms with Gasteiger partial charge in [-0.2, -0.15) is 0 Å². The Morgan fingerprint density at radius 3 is 3.26 bits per heavy atom. The van der Waals surface area contributed by atoms with Crippen LogP contribution in [-0.4, -0.2) is 47.2 Å². The number of aryl methyl sites for hydroxylation is 1. The minimum Gasteiger partial charge on any atom is -0.381 e. The van der Waals surface area contributed by atoms with Crippen molar-refractivity contribution in [3.63, 3.8) is 0 Å². The van der Waals surface area contributed by atoms with Gasteiger partial charge in [0.15, 0.2) is 0 Å². The van der Waals surface area contributed by atoms with Crippen LogP contribution in [0.1, 0.15) is 18.7 Å². The lowest BCUT2D eigenvalue weighted by Gasteiger charge is -2.29. The second-order valence-electron chi connectivity index (χ2n) is 5.67. The fourth-order valence-corrected chi connectivity index (χ4v) is 3.09. The molecule has 2 aliphatic rings. The van der Waals surface area contributed by atoms with Crippen molar-refractivity contribution in [3.8, 4) is 0 Å². The van der Waals surface area contributed by atoms with Crippen molar-refractivity contribution in [2.45, 2.75) is 25.8 Å². The van der Waals surface area contributed by atoms with Gasteiger partial charge in [0.2, 0.25) is 5.91 Å². The number of fused-ring (bicyclic) bond motifs is 1. The third kappa shape index (κ3) is 2.66. The lowest BCUT2D eigenvalue weighted by atomic mass is 9.96. The largest absolute Gasteiger partial charge is 0.381 e. The maximum Gasteiger partial charge on any atom is 0.227 e. The quantitative estimate of drug-likeness (QED) is 0.815. The molecule has 1 aromatic heterocycles. The van der Waals surface area contributed by atoms with Crippen molar-refractivity contribution in [3.05, 3.63) is 18.2 Å². The monoisotopic (exact) mass is 263 g/mol. The molecule has 0 radical (unpaired) electrons. The van der Waals surface area contributed by atoms with Crippen LogP contribution in [0, 0.1) is 11.8 Å². The van der Waals surface area contributed by atoms with Crippen LogP contribution in [0.15, 0.2) is 12.4 Å². The molecule has 0 unspecified atom stereocenters. The molecule has 0 N–H and O–H groups in total. The van der Waals surface area contributed by atoms with Crippen molar-refractivity contribution in [2.75, 3.05) is 26.8 Å². The standard InChI is InChI=1S/C14H21N3O2/c1-16(14(18)12-3-7-19-10-12)9-11-2-5-17-6-4-15-13(17)8-11/h4,6,11-12H,2-3,5,7-10H2,1H3/t11-,12-/m1/s1. The number of hydrogen-bond acceptors (Lipinski definition) is 3. The molecule has 5 nitrogen and oxygen atoms in total. The highest BCUT2D eigenvalue weighted by Gasteiger charge is 2.28. The van der Waals surface area contributed by atoms with Crippen LogP contribution in [0.3, 0.4) is 0 Å². The van der Waals surface area contributed by atoms with Gasteiger partial charge in [-0.15, -0.1) is 0 Å². The highest BCUT2D eigenvalue weighted by atomic mass is 16.5. The molecule has 0 bridgehead atoms. The predicted octanol–water partition coefficient (Wildman–Crippen LogP) is 0.940. The lowest BCUT2D eigenvalue weighted by Crippen LogP contribution is -2.38. The number of imidazole rings is 1. The second-order valence-corrected chi connectivity index (χ2v) is 5.67. The molecule has 5 heteroatoms. The average molecular weight is 263 g/mol. The molecule has 1 saturated heterocycles. The van der Waals surface area contributed by atoms with Gasteiger partial charge < -0.3 is 14.2 Å². The summed E-state index contributed by atoms with van der Waals surface area (Å²) >= 11 is 0. The Kier molecular flexibility index (Phi) is 3.55. The Balaban J connectivity index is 1.55. The van der Waals surface area contributed by atoms with Crippen LogP contribution < -0.4 is 0 Å². The second kappa shape index (κ2) is 5.33. The summed E-state index contributed by atoms with van der Waals surface area (Å²) in [7, 11) is 1.92. The van der Waals surface area contributed by atoms with E-state index in [1.54, 1.807) is 0 Å². The van der Waals surface area contributed by atoms with Crippen molar-refractivity contribution in [2.24, 2.45) is 11.8 Å². The van der Waals surface area contributed by atoms with Gasteiger partial charge in [0.25, 0.3) is 0 Å². The Labute approximate surface area is 113 Å². The smallest absolute Gasteiger partial charge is 0.227 e. The van der Waals surface area contributed by atoms with Crippen LogP contribution in [0.2, 0.25) is 0 Å². The van der Waals surface area contributed by atoms with E-state index in [-0.39, 0.29) is 11.8 Å². The van der Waals surface area contributed by atoms with E-state index in [4.69, 9.17) is 4.74 Å². The van der Waals surface area contributed by atoms with E-state index in [0.717, 1.165) is 44.8 Å². The number of nitrogens with zero attached hydrogens (tertiary/aromatic N) is 3. The topological polar surface area (TPSA) is 47.4 Å². The van der Waals surface area contributed by atoms with Gasteiger partial charge in [-0.1, -0.05) is 0 Å². The van der Waals surface area contributed by atoms with E-state index in [2.05, 4.69) is 9.55 Å². The third-order valence-electron chi connectivity index (χ3n) is 4.24. The number of ether oxygens (including phenoxy) is 1. The summed E-state index contributed by atoms with van der Waals surface area (Å²) in [6, 6.07) is 0. The molecule has 3 heterocycles. The molecule has 104 valence electrons. The number of amides is 1. The summed E-state index contributed by atoms with van der Waals surface area (Å²) < 4.78 is 7.51. The van der Waals surface area contributed by atoms with Gasteiger partial charge in [-0.05, 0) is 18.8 Å². The molecule has 2 atom stereocenters. The van der Waals surface area contributed by atoms with Gasteiger partial charge in [-0.3, -0.25) is 4.79 Å². The number of carbonyl (C=O) groups excluding carboxylic acids is 1. The first-order chi connectivity index (χ1) is 9.24. The molecule has 0 aliphatic carbocycles. The molecular formula is C14H21N3O2. The number of carbonyl (C=O) groups is 1. The Morgan fingerprint density at radius 1 is 1.58 bits per heavy atom. The van der Waals surface area contributed by atoms with Crippen LogP contribution >= 0.6 is 0 Å². The first-order valence-corrected chi connectivity index (χ1v) is 7.07. The Bertz CT molecular complexity index is 451. The van der Waals surface area contributed by atoms with Crippen LogP contribution in [0.25, 0.3) is 0 Å². The zero-order chi connectivity index (χ0) is 13.2. The molecule has 1 amide bonds. The van der Waals surface area contributed by atoms with Crippen molar-refractivity contribution in [1.82, 2.24) is 14.5 Å². The van der Waals surface area contributed by atoms with Gasteiger partial charge >= 0.3 is 0 Å². The van der Waals surface area contributed by atoms with E-state index >= 15 is 0 Å². The molecule has 19 heavy (non-hydrogen) atoms.